The van der Waals surface area contributed by atoms with Gasteiger partial charge in [0, 0.05) is 44.6 Å². The molecule has 34 heavy (non-hydrogen) atoms. The zero-order valence-corrected chi connectivity index (χ0v) is 20.9. The maximum absolute atomic E-state index is 4.85. The molecule has 2 N–H and O–H groups in total. The zero-order valence-electron chi connectivity index (χ0n) is 20.1. The number of nitrogens with one attached hydrogen (secondary N) is 2. The molecule has 1 saturated carbocycles. The van der Waals surface area contributed by atoms with Crippen LogP contribution in [0.15, 0.2) is 30.7 Å². The fourth-order valence-electron chi connectivity index (χ4n) is 4.63. The lowest BCUT2D eigenvalue weighted by atomic mass is 10.1. The van der Waals surface area contributed by atoms with Crippen molar-refractivity contribution in [3.05, 3.63) is 36.3 Å². The van der Waals surface area contributed by atoms with Crippen LogP contribution < -0.4 is 15.5 Å². The summed E-state index contributed by atoms with van der Waals surface area (Å²) in [5.74, 6) is 1.52. The summed E-state index contributed by atoms with van der Waals surface area (Å²) < 4.78 is 0. The number of aryl methyl sites for hydroxylation is 1. The van der Waals surface area contributed by atoms with Gasteiger partial charge in [0.1, 0.15) is 5.82 Å². The van der Waals surface area contributed by atoms with Gasteiger partial charge in [0.15, 0.2) is 5.13 Å². The third kappa shape index (κ3) is 5.64. The van der Waals surface area contributed by atoms with Crippen LogP contribution in [0.4, 0.5) is 22.6 Å². The van der Waals surface area contributed by atoms with Gasteiger partial charge in [-0.1, -0.05) is 37.0 Å². The number of pyridine rings is 1. The van der Waals surface area contributed by atoms with Crippen molar-refractivity contribution in [2.24, 2.45) is 0 Å². The number of hydrogen-bond donors (Lipinski definition) is 2. The van der Waals surface area contributed by atoms with Crippen molar-refractivity contribution in [2.75, 3.05) is 48.8 Å². The van der Waals surface area contributed by atoms with Crippen LogP contribution >= 0.6 is 11.3 Å². The van der Waals surface area contributed by atoms with E-state index in [2.05, 4.69) is 55.4 Å². The van der Waals surface area contributed by atoms with Gasteiger partial charge in [-0.15, -0.1) is 0 Å². The molecule has 0 bridgehead atoms. The Kier molecular flexibility index (Phi) is 7.20. The van der Waals surface area contributed by atoms with Crippen LogP contribution in [0.2, 0.25) is 0 Å². The number of likely N-dealkylation sites (N-methyl/N-ethyl adjacent to an activating group) is 1. The molecule has 0 spiro atoms. The van der Waals surface area contributed by atoms with Crippen LogP contribution in [0.3, 0.4) is 0 Å². The number of rotatable bonds is 6. The Morgan fingerprint density at radius 2 is 1.71 bits per heavy atom. The van der Waals surface area contributed by atoms with E-state index in [4.69, 9.17) is 4.98 Å². The predicted octanol–water partition coefficient (Wildman–Crippen LogP) is 4.93. The number of aromatic nitrogens is 4. The largest absolute Gasteiger partial charge is 0.368 e. The molecule has 0 aromatic carbocycles. The van der Waals surface area contributed by atoms with Gasteiger partial charge in [0.2, 0.25) is 5.95 Å². The number of hydrogen-bond acceptors (Lipinski definition) is 9. The fraction of sp³-hybridized carbons (Fsp3) is 0.520. The second-order valence-electron chi connectivity index (χ2n) is 9.40. The van der Waals surface area contributed by atoms with Crippen LogP contribution in [0, 0.1) is 6.92 Å². The molecule has 4 heterocycles. The molecule has 2 fully saturated rings. The van der Waals surface area contributed by atoms with E-state index in [1.807, 2.05) is 24.7 Å². The van der Waals surface area contributed by atoms with Crippen molar-refractivity contribution in [3.63, 3.8) is 0 Å². The molecule has 3 aromatic heterocycles. The van der Waals surface area contributed by atoms with Gasteiger partial charge in [0.25, 0.3) is 0 Å². The van der Waals surface area contributed by atoms with E-state index in [1.54, 1.807) is 11.3 Å². The molecule has 1 aliphatic heterocycles. The molecule has 1 saturated heterocycles. The van der Waals surface area contributed by atoms with E-state index in [-0.39, 0.29) is 0 Å². The van der Waals surface area contributed by atoms with Crippen molar-refractivity contribution in [3.8, 4) is 10.6 Å². The van der Waals surface area contributed by atoms with Crippen LogP contribution in [0.1, 0.15) is 44.1 Å². The van der Waals surface area contributed by atoms with E-state index in [0.717, 1.165) is 59.2 Å². The smallest absolute Gasteiger partial charge is 0.223 e. The van der Waals surface area contributed by atoms with Crippen LogP contribution in [-0.4, -0.2) is 64.1 Å². The molecule has 0 unspecified atom stereocenters. The Hall–Kier alpha value is -2.78. The van der Waals surface area contributed by atoms with Gasteiger partial charge < -0.3 is 20.4 Å². The number of anilines is 4. The summed E-state index contributed by atoms with van der Waals surface area (Å²) in [4.78, 5) is 24.4. The first kappa shape index (κ1) is 23.0. The molecule has 180 valence electrons. The van der Waals surface area contributed by atoms with Crippen molar-refractivity contribution < 1.29 is 0 Å². The third-order valence-corrected chi connectivity index (χ3v) is 7.67. The highest BCUT2D eigenvalue weighted by Gasteiger charge is 2.17. The Bertz CT molecular complexity index is 1070. The first-order valence-corrected chi connectivity index (χ1v) is 13.2. The minimum atomic E-state index is 0.469. The summed E-state index contributed by atoms with van der Waals surface area (Å²) in [6.07, 6.45) is 13.4. The number of nitrogens with zero attached hydrogens (tertiary/aromatic N) is 6. The predicted molar refractivity (Wildman–Crippen MR) is 140 cm³/mol. The lowest BCUT2D eigenvalue weighted by molar-refractivity contribution is 0.313. The number of piperazine rings is 1. The molecule has 9 heteroatoms. The standard InChI is InChI=1S/C25H34N8S/c1-18-15-27-24(29-19-7-5-3-4-6-8-19)31-23(18)21-17-28-25(34-21)30-22-10-9-20(16-26-22)33-13-11-32(2)12-14-33/h9-10,15-17,19H,3-8,11-14H2,1-2H3,(H,26,28,30)(H,27,29,31). The minimum Gasteiger partial charge on any atom is -0.368 e. The summed E-state index contributed by atoms with van der Waals surface area (Å²) >= 11 is 1.59. The summed E-state index contributed by atoms with van der Waals surface area (Å²) in [6, 6.07) is 4.63. The Morgan fingerprint density at radius 1 is 0.912 bits per heavy atom. The SMILES string of the molecule is Cc1cnc(NC2CCCCCC2)nc1-c1cnc(Nc2ccc(N3CCN(C)CC3)cn2)s1. The highest BCUT2D eigenvalue weighted by atomic mass is 32.1. The third-order valence-electron chi connectivity index (χ3n) is 6.75. The summed E-state index contributed by atoms with van der Waals surface area (Å²) in [5.41, 5.74) is 3.16. The Labute approximate surface area is 205 Å². The van der Waals surface area contributed by atoms with Crippen LogP contribution in [-0.2, 0) is 0 Å². The van der Waals surface area contributed by atoms with Crippen molar-refractivity contribution in [1.82, 2.24) is 24.8 Å². The highest BCUT2D eigenvalue weighted by molar-refractivity contribution is 7.18. The number of thiazole rings is 1. The van der Waals surface area contributed by atoms with E-state index in [1.165, 1.54) is 44.2 Å². The maximum Gasteiger partial charge on any atom is 0.223 e. The van der Waals surface area contributed by atoms with Crippen molar-refractivity contribution in [2.45, 2.75) is 51.5 Å². The quantitative estimate of drug-likeness (QED) is 0.483. The average molecular weight is 479 g/mol. The van der Waals surface area contributed by atoms with Gasteiger partial charge in [-0.3, -0.25) is 0 Å². The topological polar surface area (TPSA) is 82.1 Å². The fourth-order valence-corrected chi connectivity index (χ4v) is 5.51. The summed E-state index contributed by atoms with van der Waals surface area (Å²) in [5, 5.41) is 7.73. The van der Waals surface area contributed by atoms with E-state index >= 15 is 0 Å². The summed E-state index contributed by atoms with van der Waals surface area (Å²) in [6.45, 7) is 6.30. The molecule has 0 radical (unpaired) electrons. The Balaban J connectivity index is 1.24. The second-order valence-corrected chi connectivity index (χ2v) is 10.4. The minimum absolute atomic E-state index is 0.469. The molecule has 3 aromatic rings. The molecule has 1 aliphatic carbocycles. The van der Waals surface area contributed by atoms with Gasteiger partial charge >= 0.3 is 0 Å². The lowest BCUT2D eigenvalue weighted by Crippen LogP contribution is -2.44. The van der Waals surface area contributed by atoms with Crippen molar-refractivity contribution >= 4 is 33.9 Å². The van der Waals surface area contributed by atoms with Crippen LogP contribution in [0.25, 0.3) is 10.6 Å². The van der Waals surface area contributed by atoms with Gasteiger partial charge in [-0.2, -0.15) is 0 Å². The molecular weight excluding hydrogens is 444 g/mol. The van der Waals surface area contributed by atoms with Gasteiger partial charge in [-0.25, -0.2) is 19.9 Å². The molecular formula is C25H34N8S. The van der Waals surface area contributed by atoms with Crippen LogP contribution in [0.5, 0.6) is 0 Å². The van der Waals surface area contributed by atoms with E-state index in [9.17, 15) is 0 Å². The molecule has 0 amide bonds. The molecule has 0 atom stereocenters. The van der Waals surface area contributed by atoms with Gasteiger partial charge in [-0.05, 0) is 44.5 Å². The second kappa shape index (κ2) is 10.7. The monoisotopic (exact) mass is 478 g/mol. The molecule has 8 nitrogen and oxygen atoms in total. The van der Waals surface area contributed by atoms with E-state index < -0.39 is 0 Å². The van der Waals surface area contributed by atoms with Crippen molar-refractivity contribution in [1.29, 1.82) is 0 Å². The molecule has 5 rings (SSSR count). The first-order valence-electron chi connectivity index (χ1n) is 12.4. The van der Waals surface area contributed by atoms with Gasteiger partial charge in [0.05, 0.1) is 22.5 Å². The molecule has 2 aliphatic rings. The first-order chi connectivity index (χ1) is 16.6. The normalized spacial score (nSPS) is 18.0. The zero-order chi connectivity index (χ0) is 23.3. The lowest BCUT2D eigenvalue weighted by Gasteiger charge is -2.33. The van der Waals surface area contributed by atoms with E-state index in [0.29, 0.717) is 6.04 Å². The summed E-state index contributed by atoms with van der Waals surface area (Å²) in [7, 11) is 2.17. The average Bonchev–Trinajstić information content (AvgIpc) is 3.16. The maximum atomic E-state index is 4.85. The highest BCUT2D eigenvalue weighted by Crippen LogP contribution is 2.32. The Morgan fingerprint density at radius 3 is 2.44 bits per heavy atom.